The van der Waals surface area contributed by atoms with E-state index in [1.54, 1.807) is 24.3 Å². The number of carbonyl (C=O) groups is 2. The summed E-state index contributed by atoms with van der Waals surface area (Å²) in [5.41, 5.74) is 2.74. The van der Waals surface area contributed by atoms with Crippen LogP contribution < -0.4 is 16.2 Å². The molecule has 2 amide bonds. The Hall–Kier alpha value is -4.56. The van der Waals surface area contributed by atoms with Crippen molar-refractivity contribution < 1.29 is 9.59 Å². The summed E-state index contributed by atoms with van der Waals surface area (Å²) in [5.74, 6) is -0.749. The standard InChI is InChI=1S/C30H31N5O3/c1-3-35(4-2)20-19-31-28(36)23-15-17-24(18-16-23)32-29(37)26-25(21-11-7-5-8-12-21)27(33-34-30(26)38)22-13-9-6-10-14-22/h5-18H,3-4,19-20H2,1-2H3,(H,31,36)(H,32,37)(H,34,38). The summed E-state index contributed by atoms with van der Waals surface area (Å²) in [6.45, 7) is 7.37. The molecule has 0 unspecified atom stereocenters. The van der Waals surface area contributed by atoms with Gasteiger partial charge in [0, 0.05) is 35.5 Å². The van der Waals surface area contributed by atoms with E-state index in [2.05, 4.69) is 39.6 Å². The lowest BCUT2D eigenvalue weighted by atomic mass is 9.95. The molecule has 0 saturated heterocycles. The smallest absolute Gasteiger partial charge is 0.277 e. The van der Waals surface area contributed by atoms with Crippen molar-refractivity contribution in [2.24, 2.45) is 0 Å². The predicted octanol–water partition coefficient (Wildman–Crippen LogP) is 4.43. The lowest BCUT2D eigenvalue weighted by molar-refractivity contribution is 0.0948. The molecule has 0 saturated carbocycles. The van der Waals surface area contributed by atoms with E-state index in [1.807, 2.05) is 60.7 Å². The first-order valence-electron chi connectivity index (χ1n) is 12.7. The van der Waals surface area contributed by atoms with Crippen LogP contribution in [-0.2, 0) is 0 Å². The van der Waals surface area contributed by atoms with Crippen LogP contribution in [0.1, 0.15) is 34.6 Å². The third-order valence-corrected chi connectivity index (χ3v) is 6.33. The molecule has 0 aliphatic carbocycles. The van der Waals surface area contributed by atoms with Gasteiger partial charge < -0.3 is 15.5 Å². The number of nitrogens with one attached hydrogen (secondary N) is 3. The monoisotopic (exact) mass is 509 g/mol. The topological polar surface area (TPSA) is 107 Å². The highest BCUT2D eigenvalue weighted by molar-refractivity contribution is 6.10. The van der Waals surface area contributed by atoms with Crippen molar-refractivity contribution in [1.29, 1.82) is 0 Å². The number of hydrogen-bond donors (Lipinski definition) is 3. The molecule has 3 N–H and O–H groups in total. The van der Waals surface area contributed by atoms with Gasteiger partial charge in [0.15, 0.2) is 0 Å². The molecule has 0 spiro atoms. The van der Waals surface area contributed by atoms with Gasteiger partial charge in [0.25, 0.3) is 17.4 Å². The average Bonchev–Trinajstić information content (AvgIpc) is 2.96. The van der Waals surface area contributed by atoms with E-state index in [1.165, 1.54) is 0 Å². The van der Waals surface area contributed by atoms with Crippen molar-refractivity contribution in [2.75, 3.05) is 31.5 Å². The normalized spacial score (nSPS) is 10.8. The summed E-state index contributed by atoms with van der Waals surface area (Å²) in [4.78, 5) is 41.1. The van der Waals surface area contributed by atoms with Gasteiger partial charge in [-0.2, -0.15) is 5.10 Å². The van der Waals surface area contributed by atoms with Gasteiger partial charge in [-0.25, -0.2) is 5.10 Å². The lowest BCUT2D eigenvalue weighted by Gasteiger charge is -2.18. The Morgan fingerprint density at radius 2 is 1.42 bits per heavy atom. The van der Waals surface area contributed by atoms with Gasteiger partial charge in [-0.15, -0.1) is 0 Å². The van der Waals surface area contributed by atoms with E-state index >= 15 is 0 Å². The molecule has 0 fully saturated rings. The summed E-state index contributed by atoms with van der Waals surface area (Å²) in [7, 11) is 0. The van der Waals surface area contributed by atoms with Crippen LogP contribution in [0.4, 0.5) is 5.69 Å². The number of nitrogens with zero attached hydrogens (tertiary/aromatic N) is 2. The maximum Gasteiger partial charge on any atom is 0.277 e. The predicted molar refractivity (Wildman–Crippen MR) is 150 cm³/mol. The Bertz CT molecular complexity index is 1430. The van der Waals surface area contributed by atoms with E-state index in [-0.39, 0.29) is 11.5 Å². The Morgan fingerprint density at radius 3 is 2.03 bits per heavy atom. The Balaban J connectivity index is 1.58. The molecule has 0 aliphatic heterocycles. The van der Waals surface area contributed by atoms with Crippen LogP contribution in [0.2, 0.25) is 0 Å². The van der Waals surface area contributed by atoms with E-state index in [0.717, 1.165) is 25.2 Å². The van der Waals surface area contributed by atoms with E-state index in [0.29, 0.717) is 34.6 Å². The number of amides is 2. The third-order valence-electron chi connectivity index (χ3n) is 6.33. The van der Waals surface area contributed by atoms with E-state index in [9.17, 15) is 14.4 Å². The number of likely N-dealkylation sites (N-methyl/N-ethyl adjacent to an activating group) is 1. The number of anilines is 1. The van der Waals surface area contributed by atoms with Gasteiger partial charge in [-0.05, 0) is 42.9 Å². The summed E-state index contributed by atoms with van der Waals surface area (Å²) in [6, 6.07) is 25.2. The molecule has 0 aliphatic rings. The number of aromatic nitrogens is 2. The molecule has 8 heteroatoms. The van der Waals surface area contributed by atoms with Gasteiger partial charge in [0.2, 0.25) is 0 Å². The van der Waals surface area contributed by atoms with Gasteiger partial charge in [0.1, 0.15) is 5.56 Å². The van der Waals surface area contributed by atoms with Crippen LogP contribution in [-0.4, -0.2) is 53.1 Å². The Morgan fingerprint density at radius 1 is 0.816 bits per heavy atom. The SMILES string of the molecule is CCN(CC)CCNC(=O)c1ccc(NC(=O)c2c(-c3ccccc3)c(-c3ccccc3)n[nH]c2=O)cc1. The molecule has 38 heavy (non-hydrogen) atoms. The molecule has 8 nitrogen and oxygen atoms in total. The van der Waals surface area contributed by atoms with Crippen molar-refractivity contribution in [3.05, 3.63) is 106 Å². The van der Waals surface area contributed by atoms with Crippen LogP contribution in [0.15, 0.2) is 89.7 Å². The second kappa shape index (κ2) is 12.6. The first-order chi connectivity index (χ1) is 18.5. The molecule has 1 heterocycles. The minimum Gasteiger partial charge on any atom is -0.351 e. The molecule has 3 aromatic carbocycles. The Kier molecular flexibility index (Phi) is 8.79. The molecule has 0 radical (unpaired) electrons. The number of benzene rings is 3. The van der Waals surface area contributed by atoms with Crippen LogP contribution in [0, 0.1) is 0 Å². The maximum atomic E-state index is 13.5. The van der Waals surface area contributed by atoms with E-state index in [4.69, 9.17) is 0 Å². The largest absolute Gasteiger partial charge is 0.351 e. The Labute approximate surface area is 221 Å². The zero-order valence-corrected chi connectivity index (χ0v) is 21.5. The molecule has 0 bridgehead atoms. The van der Waals surface area contributed by atoms with Crippen LogP contribution in [0.3, 0.4) is 0 Å². The first-order valence-corrected chi connectivity index (χ1v) is 12.7. The van der Waals surface area contributed by atoms with Gasteiger partial charge >= 0.3 is 0 Å². The second-order valence-electron chi connectivity index (χ2n) is 8.70. The number of H-pyrrole nitrogens is 1. The van der Waals surface area contributed by atoms with Crippen molar-refractivity contribution in [3.63, 3.8) is 0 Å². The number of rotatable bonds is 10. The van der Waals surface area contributed by atoms with Crippen molar-refractivity contribution >= 4 is 17.5 Å². The summed E-state index contributed by atoms with van der Waals surface area (Å²) in [6.07, 6.45) is 0. The zero-order chi connectivity index (χ0) is 26.9. The van der Waals surface area contributed by atoms with Gasteiger partial charge in [-0.1, -0.05) is 74.5 Å². The minimum absolute atomic E-state index is 0.0386. The summed E-state index contributed by atoms with van der Waals surface area (Å²) < 4.78 is 0. The highest BCUT2D eigenvalue weighted by Crippen LogP contribution is 2.31. The average molecular weight is 510 g/mol. The number of carbonyl (C=O) groups excluding carboxylic acids is 2. The molecule has 194 valence electrons. The number of hydrogen-bond acceptors (Lipinski definition) is 5. The molecule has 4 aromatic rings. The highest BCUT2D eigenvalue weighted by Gasteiger charge is 2.23. The van der Waals surface area contributed by atoms with Crippen molar-refractivity contribution in [1.82, 2.24) is 20.4 Å². The van der Waals surface area contributed by atoms with Crippen LogP contribution in [0.5, 0.6) is 0 Å². The molecule has 1 aromatic heterocycles. The quantitative estimate of drug-likeness (QED) is 0.293. The van der Waals surface area contributed by atoms with Gasteiger partial charge in [0.05, 0.1) is 5.69 Å². The van der Waals surface area contributed by atoms with E-state index < -0.39 is 11.5 Å². The number of aromatic amines is 1. The molecular weight excluding hydrogens is 478 g/mol. The zero-order valence-electron chi connectivity index (χ0n) is 21.5. The second-order valence-corrected chi connectivity index (χ2v) is 8.70. The fourth-order valence-corrected chi connectivity index (χ4v) is 4.23. The van der Waals surface area contributed by atoms with Crippen molar-refractivity contribution in [2.45, 2.75) is 13.8 Å². The third kappa shape index (κ3) is 6.22. The summed E-state index contributed by atoms with van der Waals surface area (Å²) in [5, 5.41) is 12.5. The van der Waals surface area contributed by atoms with Crippen LogP contribution >= 0.6 is 0 Å². The molecule has 4 rings (SSSR count). The first kappa shape index (κ1) is 26.5. The fourth-order valence-electron chi connectivity index (χ4n) is 4.23. The lowest BCUT2D eigenvalue weighted by Crippen LogP contribution is -2.34. The van der Waals surface area contributed by atoms with Crippen molar-refractivity contribution in [3.8, 4) is 22.4 Å². The minimum atomic E-state index is -0.592. The molecule has 0 atom stereocenters. The fraction of sp³-hybridized carbons (Fsp3) is 0.200. The van der Waals surface area contributed by atoms with Crippen LogP contribution in [0.25, 0.3) is 22.4 Å². The molecular formula is C30H31N5O3. The summed E-state index contributed by atoms with van der Waals surface area (Å²) >= 11 is 0. The highest BCUT2D eigenvalue weighted by atomic mass is 16.2. The van der Waals surface area contributed by atoms with Gasteiger partial charge in [-0.3, -0.25) is 14.4 Å². The maximum absolute atomic E-state index is 13.5.